The van der Waals surface area contributed by atoms with Gasteiger partial charge in [-0.1, -0.05) is 81.4 Å². The average Bonchev–Trinajstić information content (AvgIpc) is 3.70. The van der Waals surface area contributed by atoms with Crippen LogP contribution in [0.25, 0.3) is 21.9 Å². The predicted molar refractivity (Wildman–Crippen MR) is 215 cm³/mol. The highest BCUT2D eigenvalue weighted by Crippen LogP contribution is 2.46. The molecule has 1 aliphatic heterocycles. The normalized spacial score (nSPS) is 16.1. The van der Waals surface area contributed by atoms with Crippen molar-refractivity contribution < 1.29 is 13.6 Å². The van der Waals surface area contributed by atoms with E-state index in [0.29, 0.717) is 35.6 Å². The topological polar surface area (TPSA) is 111 Å². The molecular weight excluding hydrogens is 694 g/mol. The van der Waals surface area contributed by atoms with Crippen molar-refractivity contribution in [2.24, 2.45) is 0 Å². The lowest BCUT2D eigenvalue weighted by atomic mass is 9.96. The van der Waals surface area contributed by atoms with Gasteiger partial charge in [-0.3, -0.25) is 14.5 Å². The van der Waals surface area contributed by atoms with E-state index in [0.717, 1.165) is 40.6 Å². The number of nitrogen functional groups attached to an aromatic ring is 1. The van der Waals surface area contributed by atoms with Crippen LogP contribution in [0.5, 0.6) is 0 Å². The van der Waals surface area contributed by atoms with Crippen molar-refractivity contribution in [2.75, 3.05) is 17.6 Å². The first kappa shape index (κ1) is 35.6. The van der Waals surface area contributed by atoms with Gasteiger partial charge in [-0.15, -0.1) is 0 Å². The van der Waals surface area contributed by atoms with Gasteiger partial charge in [0.15, 0.2) is 11.6 Å². The molecule has 9 nitrogen and oxygen atoms in total. The summed E-state index contributed by atoms with van der Waals surface area (Å²) in [7, 11) is -2.85. The number of carbonyl (C=O) groups excluding carboxylic acids is 1. The Balaban J connectivity index is 1.13. The second-order valence-corrected chi connectivity index (χ2v) is 20.0. The average molecular weight is 740 g/mol. The summed E-state index contributed by atoms with van der Waals surface area (Å²) in [4.78, 5) is 23.9. The van der Waals surface area contributed by atoms with Gasteiger partial charge in [0.1, 0.15) is 12.4 Å². The second-order valence-electron chi connectivity index (χ2n) is 15.7. The molecule has 1 amide bonds. The number of hydrogen-bond acceptors (Lipinski definition) is 7. The zero-order chi connectivity index (χ0) is 37.8. The maximum absolute atomic E-state index is 16.3. The highest BCUT2D eigenvalue weighted by molar-refractivity contribution is 6.99. The lowest BCUT2D eigenvalue weighted by Crippen LogP contribution is -2.66. The molecule has 0 saturated heterocycles. The van der Waals surface area contributed by atoms with Crippen LogP contribution in [-0.2, 0) is 28.6 Å². The number of halogens is 1. The molecule has 3 aromatic carbocycles. The van der Waals surface area contributed by atoms with Crippen LogP contribution in [0.2, 0.25) is 5.04 Å². The first-order valence-electron chi connectivity index (χ1n) is 18.7. The molecule has 0 saturated carbocycles. The molecule has 1 unspecified atom stereocenters. The molecule has 0 spiro atoms. The minimum Gasteiger partial charge on any atom is -0.400 e. The zero-order valence-electron chi connectivity index (χ0n) is 31.4. The van der Waals surface area contributed by atoms with E-state index in [9.17, 15) is 4.79 Å². The van der Waals surface area contributed by atoms with Crippen LogP contribution in [0.15, 0.2) is 97.5 Å². The molecule has 4 heterocycles. The monoisotopic (exact) mass is 739 g/mol. The number of aromatic nitrogens is 4. The van der Waals surface area contributed by atoms with Gasteiger partial charge in [-0.2, -0.15) is 5.10 Å². The van der Waals surface area contributed by atoms with Crippen molar-refractivity contribution in [1.82, 2.24) is 24.6 Å². The van der Waals surface area contributed by atoms with E-state index in [1.54, 1.807) is 17.1 Å². The highest BCUT2D eigenvalue weighted by Gasteiger charge is 2.52. The van der Waals surface area contributed by atoms with Gasteiger partial charge in [0.05, 0.1) is 11.8 Å². The molecule has 8 rings (SSSR count). The Morgan fingerprint density at radius 1 is 0.926 bits per heavy atom. The number of hydrogen-bond donors (Lipinski definition) is 2. The molecule has 54 heavy (non-hydrogen) atoms. The predicted octanol–water partition coefficient (Wildman–Crippen LogP) is 7.32. The van der Waals surface area contributed by atoms with Crippen LogP contribution in [0.1, 0.15) is 64.0 Å². The molecule has 3 N–H and O–H groups in total. The van der Waals surface area contributed by atoms with Crippen LogP contribution in [0.3, 0.4) is 0 Å². The largest absolute Gasteiger partial charge is 0.400 e. The van der Waals surface area contributed by atoms with E-state index >= 15 is 4.39 Å². The smallest absolute Gasteiger partial charge is 0.261 e. The van der Waals surface area contributed by atoms with Crippen LogP contribution in [0.4, 0.5) is 21.7 Å². The van der Waals surface area contributed by atoms with Gasteiger partial charge >= 0.3 is 0 Å². The maximum Gasteiger partial charge on any atom is 0.261 e. The molecule has 1 aliphatic carbocycles. The summed E-state index contributed by atoms with van der Waals surface area (Å²) < 4.78 is 25.6. The Hall–Kier alpha value is -5.39. The van der Waals surface area contributed by atoms with Crippen LogP contribution in [0, 0.1) is 5.82 Å². The lowest BCUT2D eigenvalue weighted by Gasteiger charge is -2.44. The number of anilines is 3. The fraction of sp³-hybridized carbons (Fsp3) is 0.302. The van der Waals surface area contributed by atoms with E-state index in [-0.39, 0.29) is 35.3 Å². The van der Waals surface area contributed by atoms with Crippen molar-refractivity contribution >= 4 is 52.7 Å². The Morgan fingerprint density at radius 3 is 2.30 bits per heavy atom. The molecule has 0 bridgehead atoms. The quantitative estimate of drug-likeness (QED) is 0.124. The summed E-state index contributed by atoms with van der Waals surface area (Å²) in [5.41, 5.74) is 10.6. The van der Waals surface area contributed by atoms with E-state index in [1.807, 2.05) is 55.3 Å². The van der Waals surface area contributed by atoms with Gasteiger partial charge in [0, 0.05) is 71.4 Å². The zero-order valence-corrected chi connectivity index (χ0v) is 32.4. The van der Waals surface area contributed by atoms with Crippen LogP contribution in [-0.4, -0.2) is 51.5 Å². The van der Waals surface area contributed by atoms with E-state index in [2.05, 4.69) is 89.7 Å². The molecule has 276 valence electrons. The van der Waals surface area contributed by atoms with Crippen molar-refractivity contribution in [3.63, 3.8) is 0 Å². The summed E-state index contributed by atoms with van der Waals surface area (Å²) in [6.45, 7) is 11.7. The Bertz CT molecular complexity index is 2320. The molecular formula is C43H46FN7O2Si. The number of nitrogens with zero attached hydrogens (tertiary/aromatic N) is 5. The molecule has 3 aromatic heterocycles. The van der Waals surface area contributed by atoms with Crippen molar-refractivity contribution in [3.05, 3.63) is 120 Å². The third-order valence-corrected chi connectivity index (χ3v) is 16.1. The molecule has 6 aromatic rings. The Morgan fingerprint density at radius 2 is 1.63 bits per heavy atom. The number of rotatable bonds is 8. The lowest BCUT2D eigenvalue weighted by molar-refractivity contribution is -0.133. The summed E-state index contributed by atoms with van der Waals surface area (Å²) in [5.74, 6) is 0.692. The summed E-state index contributed by atoms with van der Waals surface area (Å²) >= 11 is 0. The van der Waals surface area contributed by atoms with E-state index in [1.165, 1.54) is 10.4 Å². The summed E-state index contributed by atoms with van der Waals surface area (Å²) in [5, 5.41) is 11.5. The Kier molecular flexibility index (Phi) is 9.10. The third-order valence-electron chi connectivity index (χ3n) is 11.1. The number of fused-ring (bicyclic) bond motifs is 3. The third kappa shape index (κ3) is 6.14. The minimum atomic E-state index is -2.85. The van der Waals surface area contributed by atoms with Crippen molar-refractivity contribution in [2.45, 2.75) is 77.6 Å². The number of carbonyl (C=O) groups is 1. The van der Waals surface area contributed by atoms with Crippen LogP contribution >= 0.6 is 0 Å². The fourth-order valence-electron chi connectivity index (χ4n) is 8.42. The highest BCUT2D eigenvalue weighted by atomic mass is 28.4. The molecule has 2 aliphatic rings. The number of amides is 1. The van der Waals surface area contributed by atoms with E-state index in [4.69, 9.17) is 10.2 Å². The number of pyridine rings is 2. The molecule has 0 radical (unpaired) electrons. The summed E-state index contributed by atoms with van der Waals surface area (Å²) in [6.07, 6.45) is 7.20. The van der Waals surface area contributed by atoms with E-state index < -0.39 is 14.1 Å². The maximum atomic E-state index is 16.3. The van der Waals surface area contributed by atoms with Gasteiger partial charge in [0.25, 0.3) is 8.32 Å². The summed E-state index contributed by atoms with van der Waals surface area (Å²) in [6, 6.07) is 27.0. The number of benzene rings is 3. The SMILES string of the molecule is CC(C)N1CCc2cc(Nc3cc4cc(-c5cncc6c5CCC6O[Si](c5ccccc5)(c5ccccc5)C(C)(C)C)c(F)c(N)c4cn3)nn2CC1=O. The van der Waals surface area contributed by atoms with Gasteiger partial charge < -0.3 is 20.4 Å². The number of nitrogens with two attached hydrogens (primary N) is 1. The molecule has 0 fully saturated rings. The Labute approximate surface area is 316 Å². The standard InChI is InChI=1S/C43H46FN7O2Si/c1-27(2)50-19-18-29-22-39(49-51(29)26-40(50)52)48-38-21-28-20-33(41(44)42(45)34(28)25-47-38)35-23-46-24-36-32(35)16-17-37(36)53-54(43(3,4)5,30-12-8-6-9-13-30)31-14-10-7-11-15-31/h6-15,20-25,27,37H,16-19,26,45H2,1-5H3,(H,47,48,49). The van der Waals surface area contributed by atoms with Gasteiger partial charge in [-0.05, 0) is 65.2 Å². The minimum absolute atomic E-state index is 0.0409. The first-order chi connectivity index (χ1) is 25.9. The fourth-order valence-corrected chi connectivity index (χ4v) is 13.1. The van der Waals surface area contributed by atoms with Gasteiger partial charge in [-0.25, -0.2) is 9.37 Å². The molecule has 11 heteroatoms. The van der Waals surface area contributed by atoms with Crippen molar-refractivity contribution in [3.8, 4) is 11.1 Å². The van der Waals surface area contributed by atoms with Crippen LogP contribution < -0.4 is 21.4 Å². The first-order valence-corrected chi connectivity index (χ1v) is 20.6. The molecule has 1 atom stereocenters. The second kappa shape index (κ2) is 13.8. The van der Waals surface area contributed by atoms with Gasteiger partial charge in [0.2, 0.25) is 5.91 Å². The number of nitrogens with one attached hydrogen (secondary N) is 1. The van der Waals surface area contributed by atoms with Crippen molar-refractivity contribution in [1.29, 1.82) is 0 Å².